The minimum atomic E-state index is -0.472. The molecule has 1 aliphatic heterocycles. The number of likely N-dealkylation sites (tertiary alicyclic amines) is 1. The van der Waals surface area contributed by atoms with Gasteiger partial charge in [-0.1, -0.05) is 30.3 Å². The maximum atomic E-state index is 12.4. The van der Waals surface area contributed by atoms with Crippen LogP contribution in [0.1, 0.15) is 31.4 Å². The van der Waals surface area contributed by atoms with Crippen LogP contribution in [0.3, 0.4) is 0 Å². The number of benzene rings is 1. The highest BCUT2D eigenvalue weighted by Gasteiger charge is 2.30. The molecular weight excluding hydrogens is 266 g/mol. The molecule has 0 unspecified atom stereocenters. The van der Waals surface area contributed by atoms with Gasteiger partial charge in [-0.2, -0.15) is 0 Å². The summed E-state index contributed by atoms with van der Waals surface area (Å²) >= 11 is 0. The molecule has 0 saturated carbocycles. The number of piperidine rings is 1. The number of amides is 2. The van der Waals surface area contributed by atoms with Crippen LogP contribution in [-0.4, -0.2) is 47.8 Å². The molecule has 1 aromatic rings. The van der Waals surface area contributed by atoms with Crippen molar-refractivity contribution in [3.05, 3.63) is 35.9 Å². The van der Waals surface area contributed by atoms with Crippen molar-refractivity contribution in [2.24, 2.45) is 5.73 Å². The van der Waals surface area contributed by atoms with Crippen LogP contribution in [0.25, 0.3) is 0 Å². The molecule has 2 N–H and O–H groups in total. The number of carbonyl (C=O) groups excluding carboxylic acids is 2. The fraction of sp³-hybridized carbons (Fsp3) is 0.500. The van der Waals surface area contributed by atoms with Crippen LogP contribution in [0.2, 0.25) is 0 Å². The lowest BCUT2D eigenvalue weighted by Gasteiger charge is -2.32. The molecule has 0 radical (unpaired) electrons. The maximum absolute atomic E-state index is 12.4. The monoisotopic (exact) mass is 289 g/mol. The van der Waals surface area contributed by atoms with Crippen LogP contribution in [0.15, 0.2) is 30.3 Å². The summed E-state index contributed by atoms with van der Waals surface area (Å²) in [5, 5.41) is 0. The lowest BCUT2D eigenvalue weighted by molar-refractivity contribution is -0.152. The molecule has 21 heavy (non-hydrogen) atoms. The Morgan fingerprint density at radius 3 is 2.62 bits per heavy atom. The quantitative estimate of drug-likeness (QED) is 0.831. The van der Waals surface area contributed by atoms with Gasteiger partial charge in [0.15, 0.2) is 0 Å². The van der Waals surface area contributed by atoms with E-state index in [0.29, 0.717) is 13.1 Å². The predicted octanol–water partition coefficient (Wildman–Crippen LogP) is 1.16. The Morgan fingerprint density at radius 1 is 1.33 bits per heavy atom. The van der Waals surface area contributed by atoms with Crippen molar-refractivity contribution in [2.45, 2.75) is 31.8 Å². The Balaban J connectivity index is 2.03. The Kier molecular flexibility index (Phi) is 4.96. The average Bonchev–Trinajstić information content (AvgIpc) is 2.53. The first-order valence-corrected chi connectivity index (χ1v) is 7.37. The summed E-state index contributed by atoms with van der Waals surface area (Å²) < 4.78 is 0. The number of hydrogen-bond acceptors (Lipinski definition) is 3. The Hall–Kier alpha value is -1.88. The summed E-state index contributed by atoms with van der Waals surface area (Å²) in [5.41, 5.74) is 6.88. The zero-order valence-electron chi connectivity index (χ0n) is 12.7. The van der Waals surface area contributed by atoms with E-state index in [0.717, 1.165) is 18.4 Å². The van der Waals surface area contributed by atoms with Crippen molar-refractivity contribution in [2.75, 3.05) is 20.1 Å². The van der Waals surface area contributed by atoms with E-state index in [4.69, 9.17) is 5.73 Å². The molecule has 5 nitrogen and oxygen atoms in total. The molecule has 5 heteroatoms. The summed E-state index contributed by atoms with van der Waals surface area (Å²) in [6.07, 6.45) is 1.77. The van der Waals surface area contributed by atoms with Gasteiger partial charge in [0.2, 0.25) is 0 Å². The van der Waals surface area contributed by atoms with Gasteiger partial charge in [-0.15, -0.1) is 0 Å². The molecule has 1 saturated heterocycles. The summed E-state index contributed by atoms with van der Waals surface area (Å²) in [6.45, 7) is 3.01. The van der Waals surface area contributed by atoms with Crippen LogP contribution in [-0.2, 0) is 9.59 Å². The topological polar surface area (TPSA) is 66.6 Å². The zero-order chi connectivity index (χ0) is 15.4. The van der Waals surface area contributed by atoms with Crippen LogP contribution < -0.4 is 5.73 Å². The number of nitrogens with zero attached hydrogens (tertiary/aromatic N) is 2. The summed E-state index contributed by atoms with van der Waals surface area (Å²) in [7, 11) is 1.67. The molecule has 0 spiro atoms. The van der Waals surface area contributed by atoms with Gasteiger partial charge in [0.25, 0.3) is 0 Å². The molecule has 0 bridgehead atoms. The molecule has 2 amide bonds. The first-order chi connectivity index (χ1) is 10.0. The minimum Gasteiger partial charge on any atom is -0.333 e. The first kappa shape index (κ1) is 15.5. The lowest BCUT2D eigenvalue weighted by Crippen LogP contribution is -2.51. The highest BCUT2D eigenvalue weighted by atomic mass is 16.2. The molecule has 114 valence electrons. The third-order valence-corrected chi connectivity index (χ3v) is 4.11. The van der Waals surface area contributed by atoms with E-state index >= 15 is 0 Å². The third kappa shape index (κ3) is 3.61. The summed E-state index contributed by atoms with van der Waals surface area (Å²) in [5.74, 6) is -0.920. The van der Waals surface area contributed by atoms with Crippen LogP contribution in [0, 0.1) is 0 Å². The number of likely N-dealkylation sites (N-methyl/N-ethyl adjacent to an activating group) is 1. The van der Waals surface area contributed by atoms with E-state index in [2.05, 4.69) is 0 Å². The van der Waals surface area contributed by atoms with Gasteiger partial charge in [0, 0.05) is 26.2 Å². The first-order valence-electron chi connectivity index (χ1n) is 7.37. The van der Waals surface area contributed by atoms with Crippen LogP contribution in [0.4, 0.5) is 0 Å². The number of carbonyl (C=O) groups is 2. The van der Waals surface area contributed by atoms with Gasteiger partial charge >= 0.3 is 11.8 Å². The van der Waals surface area contributed by atoms with E-state index in [1.165, 1.54) is 4.90 Å². The van der Waals surface area contributed by atoms with Crippen molar-refractivity contribution >= 4 is 11.8 Å². The maximum Gasteiger partial charge on any atom is 0.312 e. The Labute approximate surface area is 125 Å². The number of hydrogen-bond donors (Lipinski definition) is 1. The van der Waals surface area contributed by atoms with E-state index in [1.807, 2.05) is 37.3 Å². The largest absolute Gasteiger partial charge is 0.333 e. The van der Waals surface area contributed by atoms with Gasteiger partial charge in [0.1, 0.15) is 0 Å². The normalized spacial score (nSPS) is 20.0. The smallest absolute Gasteiger partial charge is 0.312 e. The predicted molar refractivity (Wildman–Crippen MR) is 81.4 cm³/mol. The van der Waals surface area contributed by atoms with E-state index < -0.39 is 11.8 Å². The SMILES string of the molecule is C[C@@H](c1ccccc1)N(C)C(=O)C(=O)N1CCC[C@@H](N)C1. The second-order valence-corrected chi connectivity index (χ2v) is 5.66. The average molecular weight is 289 g/mol. The molecule has 1 heterocycles. The molecule has 1 aromatic carbocycles. The van der Waals surface area contributed by atoms with Gasteiger partial charge in [-0.3, -0.25) is 9.59 Å². The molecule has 1 fully saturated rings. The molecule has 0 aromatic heterocycles. The van der Waals surface area contributed by atoms with Crippen LogP contribution >= 0.6 is 0 Å². The van der Waals surface area contributed by atoms with E-state index in [9.17, 15) is 9.59 Å². The zero-order valence-corrected chi connectivity index (χ0v) is 12.7. The van der Waals surface area contributed by atoms with Crippen molar-refractivity contribution in [3.8, 4) is 0 Å². The van der Waals surface area contributed by atoms with Gasteiger partial charge in [-0.25, -0.2) is 0 Å². The lowest BCUT2D eigenvalue weighted by atomic mass is 10.1. The fourth-order valence-electron chi connectivity index (χ4n) is 2.61. The van der Waals surface area contributed by atoms with Crippen molar-refractivity contribution in [3.63, 3.8) is 0 Å². The molecule has 1 aliphatic rings. The van der Waals surface area contributed by atoms with Gasteiger partial charge in [0.05, 0.1) is 6.04 Å². The highest BCUT2D eigenvalue weighted by Crippen LogP contribution is 2.19. The molecule has 0 aliphatic carbocycles. The van der Waals surface area contributed by atoms with E-state index in [1.54, 1.807) is 11.9 Å². The standard InChI is InChI=1S/C16H23N3O2/c1-12(13-7-4-3-5-8-13)18(2)15(20)16(21)19-10-6-9-14(17)11-19/h3-5,7-8,12,14H,6,9-11,17H2,1-2H3/t12-,14+/m0/s1. The van der Waals surface area contributed by atoms with Crippen molar-refractivity contribution in [1.29, 1.82) is 0 Å². The third-order valence-electron chi connectivity index (χ3n) is 4.11. The second kappa shape index (κ2) is 6.72. The van der Waals surface area contributed by atoms with Gasteiger partial charge in [-0.05, 0) is 25.3 Å². The van der Waals surface area contributed by atoms with Gasteiger partial charge < -0.3 is 15.5 Å². The second-order valence-electron chi connectivity index (χ2n) is 5.66. The number of nitrogens with two attached hydrogens (primary N) is 1. The molecule has 2 rings (SSSR count). The minimum absolute atomic E-state index is 0.0210. The van der Waals surface area contributed by atoms with E-state index in [-0.39, 0.29) is 12.1 Å². The Morgan fingerprint density at radius 2 is 2.00 bits per heavy atom. The van der Waals surface area contributed by atoms with Crippen molar-refractivity contribution < 1.29 is 9.59 Å². The Bertz CT molecular complexity index is 504. The number of rotatable bonds is 2. The summed E-state index contributed by atoms with van der Waals surface area (Å²) in [6, 6.07) is 9.53. The highest BCUT2D eigenvalue weighted by molar-refractivity contribution is 6.34. The van der Waals surface area contributed by atoms with Crippen LogP contribution in [0.5, 0.6) is 0 Å². The van der Waals surface area contributed by atoms with Crippen molar-refractivity contribution in [1.82, 2.24) is 9.80 Å². The fourth-order valence-corrected chi connectivity index (χ4v) is 2.61. The molecule has 2 atom stereocenters. The molecular formula is C16H23N3O2. The summed E-state index contributed by atoms with van der Waals surface area (Å²) in [4.78, 5) is 27.7.